The summed E-state index contributed by atoms with van der Waals surface area (Å²) in [6.45, 7) is 7.06. The van der Waals surface area contributed by atoms with Crippen molar-refractivity contribution in [3.63, 3.8) is 0 Å². The topological polar surface area (TPSA) is 60.2 Å². The Balaban J connectivity index is 1.79. The molecule has 6 nitrogen and oxygen atoms in total. The maximum Gasteiger partial charge on any atom is 0.410 e. The Kier molecular flexibility index (Phi) is 4.80. The molecule has 0 aliphatic carbocycles. The van der Waals surface area contributed by atoms with Gasteiger partial charge in [0, 0.05) is 11.0 Å². The summed E-state index contributed by atoms with van der Waals surface area (Å²) in [5.41, 5.74) is 1.35. The van der Waals surface area contributed by atoms with Crippen LogP contribution in [0, 0.1) is 0 Å². The summed E-state index contributed by atoms with van der Waals surface area (Å²) in [7, 11) is 0. The van der Waals surface area contributed by atoms with Gasteiger partial charge in [0.1, 0.15) is 11.1 Å². The first kappa shape index (κ1) is 17.2. The summed E-state index contributed by atoms with van der Waals surface area (Å²) in [4.78, 5) is 14.4. The summed E-state index contributed by atoms with van der Waals surface area (Å²) >= 11 is 3.45. The van der Waals surface area contributed by atoms with E-state index in [1.165, 1.54) is 0 Å². The fraction of sp³-hybridized carbons (Fsp3) is 0.588. The van der Waals surface area contributed by atoms with Crippen LogP contribution in [0.3, 0.4) is 0 Å². The van der Waals surface area contributed by atoms with Crippen LogP contribution < -0.4 is 0 Å². The van der Waals surface area contributed by atoms with E-state index in [0.29, 0.717) is 6.54 Å². The highest BCUT2D eigenvalue weighted by Gasteiger charge is 2.31. The van der Waals surface area contributed by atoms with Gasteiger partial charge in [-0.15, -0.1) is 5.10 Å². The van der Waals surface area contributed by atoms with Gasteiger partial charge in [-0.1, -0.05) is 21.1 Å². The second kappa shape index (κ2) is 6.70. The number of rotatable bonds is 2. The van der Waals surface area contributed by atoms with Crippen molar-refractivity contribution in [3.8, 4) is 0 Å². The second-order valence-corrected chi connectivity index (χ2v) is 8.14. The summed E-state index contributed by atoms with van der Waals surface area (Å²) in [6.07, 6.45) is 2.85. The summed E-state index contributed by atoms with van der Waals surface area (Å²) < 4.78 is 8.43. The van der Waals surface area contributed by atoms with Crippen molar-refractivity contribution in [2.45, 2.75) is 58.2 Å². The molecular weight excluding hydrogens is 372 g/mol. The number of piperidine rings is 1. The van der Waals surface area contributed by atoms with E-state index in [2.05, 4.69) is 26.2 Å². The van der Waals surface area contributed by atoms with Gasteiger partial charge in [0.15, 0.2) is 0 Å². The maximum atomic E-state index is 12.5. The number of fused-ring (bicyclic) bond motifs is 1. The number of nitrogens with zero attached hydrogens (tertiary/aromatic N) is 4. The zero-order valence-corrected chi connectivity index (χ0v) is 15.9. The van der Waals surface area contributed by atoms with Crippen molar-refractivity contribution in [2.75, 3.05) is 6.54 Å². The van der Waals surface area contributed by atoms with Crippen molar-refractivity contribution < 1.29 is 9.53 Å². The zero-order chi connectivity index (χ0) is 17.3. The lowest BCUT2D eigenvalue weighted by Crippen LogP contribution is -2.48. The minimum Gasteiger partial charge on any atom is -0.444 e. The molecule has 1 unspecified atom stereocenters. The normalized spacial score (nSPS) is 18.8. The molecule has 24 heavy (non-hydrogen) atoms. The third-order valence-corrected chi connectivity index (χ3v) is 4.61. The SMILES string of the molecule is CC(C)(C)OC(=O)N1CCCCC1Cn1nnc2cc(Br)ccc21. The molecular formula is C17H23BrN4O2. The summed E-state index contributed by atoms with van der Waals surface area (Å²) in [5, 5.41) is 8.49. The quantitative estimate of drug-likeness (QED) is 0.772. The van der Waals surface area contributed by atoms with Gasteiger partial charge in [0.05, 0.1) is 18.1 Å². The Bertz CT molecular complexity index is 738. The smallest absolute Gasteiger partial charge is 0.410 e. The molecule has 1 amide bonds. The minimum atomic E-state index is -0.481. The largest absolute Gasteiger partial charge is 0.444 e. The molecule has 1 atom stereocenters. The van der Waals surface area contributed by atoms with Gasteiger partial charge < -0.3 is 9.64 Å². The van der Waals surface area contributed by atoms with E-state index in [1.807, 2.05) is 48.6 Å². The van der Waals surface area contributed by atoms with Crippen LogP contribution in [0.4, 0.5) is 4.79 Å². The Hall–Kier alpha value is -1.63. The molecule has 0 radical (unpaired) electrons. The van der Waals surface area contributed by atoms with Crippen molar-refractivity contribution in [2.24, 2.45) is 0 Å². The highest BCUT2D eigenvalue weighted by atomic mass is 79.9. The third kappa shape index (κ3) is 3.88. The summed E-state index contributed by atoms with van der Waals surface area (Å²) in [5.74, 6) is 0. The van der Waals surface area contributed by atoms with Crippen LogP contribution in [0.15, 0.2) is 22.7 Å². The zero-order valence-electron chi connectivity index (χ0n) is 14.3. The van der Waals surface area contributed by atoms with Gasteiger partial charge in [-0.2, -0.15) is 0 Å². The molecule has 0 bridgehead atoms. The van der Waals surface area contributed by atoms with Crippen LogP contribution in [0.2, 0.25) is 0 Å². The first-order valence-corrected chi connectivity index (χ1v) is 9.11. The van der Waals surface area contributed by atoms with E-state index in [4.69, 9.17) is 4.74 Å². The van der Waals surface area contributed by atoms with E-state index in [9.17, 15) is 4.79 Å². The van der Waals surface area contributed by atoms with Gasteiger partial charge in [-0.25, -0.2) is 9.48 Å². The monoisotopic (exact) mass is 394 g/mol. The van der Waals surface area contributed by atoms with Crippen molar-refractivity contribution in [3.05, 3.63) is 22.7 Å². The van der Waals surface area contributed by atoms with Crippen molar-refractivity contribution >= 4 is 33.1 Å². The number of benzene rings is 1. The number of carbonyl (C=O) groups is 1. The molecule has 1 aliphatic heterocycles. The van der Waals surface area contributed by atoms with E-state index < -0.39 is 5.60 Å². The molecule has 3 rings (SSSR count). The fourth-order valence-corrected chi connectivity index (χ4v) is 3.38. The van der Waals surface area contributed by atoms with Gasteiger partial charge in [0.2, 0.25) is 0 Å². The Morgan fingerprint density at radius 2 is 2.17 bits per heavy atom. The van der Waals surface area contributed by atoms with E-state index >= 15 is 0 Å². The number of carbonyl (C=O) groups excluding carboxylic acids is 1. The number of halogens is 1. The first-order chi connectivity index (χ1) is 11.3. The Labute approximate surface area is 150 Å². The molecule has 2 aromatic rings. The fourth-order valence-electron chi connectivity index (χ4n) is 3.03. The second-order valence-electron chi connectivity index (χ2n) is 7.23. The number of aromatic nitrogens is 3. The third-order valence-electron chi connectivity index (χ3n) is 4.11. The molecule has 0 N–H and O–H groups in total. The average molecular weight is 395 g/mol. The highest BCUT2D eigenvalue weighted by molar-refractivity contribution is 9.10. The van der Waals surface area contributed by atoms with Crippen molar-refractivity contribution in [1.29, 1.82) is 0 Å². The minimum absolute atomic E-state index is 0.0853. The molecule has 2 heterocycles. The molecule has 130 valence electrons. The van der Waals surface area contributed by atoms with Crippen LogP contribution >= 0.6 is 15.9 Å². The number of amides is 1. The predicted molar refractivity (Wildman–Crippen MR) is 95.8 cm³/mol. The van der Waals surface area contributed by atoms with Crippen molar-refractivity contribution in [1.82, 2.24) is 19.9 Å². The van der Waals surface area contributed by atoms with Crippen LogP contribution in [0.1, 0.15) is 40.0 Å². The van der Waals surface area contributed by atoms with Crippen LogP contribution in [0.5, 0.6) is 0 Å². The molecule has 0 spiro atoms. The molecule has 0 saturated carbocycles. The standard InChI is InChI=1S/C17H23BrN4O2/c1-17(2,3)24-16(23)21-9-5-4-6-13(21)11-22-15-8-7-12(18)10-14(15)19-20-22/h7-8,10,13H,4-6,9,11H2,1-3H3. The number of ether oxygens (including phenoxy) is 1. The maximum absolute atomic E-state index is 12.5. The lowest BCUT2D eigenvalue weighted by atomic mass is 10.0. The summed E-state index contributed by atoms with van der Waals surface area (Å²) in [6, 6.07) is 6.02. The van der Waals surface area contributed by atoms with Gasteiger partial charge in [0.25, 0.3) is 0 Å². The van der Waals surface area contributed by atoms with Crippen LogP contribution in [-0.2, 0) is 11.3 Å². The number of hydrogen-bond donors (Lipinski definition) is 0. The van der Waals surface area contributed by atoms with Crippen LogP contribution in [0.25, 0.3) is 11.0 Å². The molecule has 1 aliphatic rings. The van der Waals surface area contributed by atoms with E-state index in [-0.39, 0.29) is 12.1 Å². The Morgan fingerprint density at radius 3 is 2.92 bits per heavy atom. The van der Waals surface area contributed by atoms with Gasteiger partial charge in [-0.3, -0.25) is 0 Å². The van der Waals surface area contributed by atoms with E-state index in [0.717, 1.165) is 41.3 Å². The van der Waals surface area contributed by atoms with E-state index in [1.54, 1.807) is 0 Å². The van der Waals surface area contributed by atoms with Gasteiger partial charge in [-0.05, 0) is 58.2 Å². The molecule has 1 aromatic heterocycles. The predicted octanol–water partition coefficient (Wildman–Crippen LogP) is 3.98. The molecule has 7 heteroatoms. The lowest BCUT2D eigenvalue weighted by Gasteiger charge is -2.36. The highest BCUT2D eigenvalue weighted by Crippen LogP contribution is 2.23. The Morgan fingerprint density at radius 1 is 1.38 bits per heavy atom. The lowest BCUT2D eigenvalue weighted by molar-refractivity contribution is 0.00748. The molecule has 1 aromatic carbocycles. The first-order valence-electron chi connectivity index (χ1n) is 8.32. The average Bonchev–Trinajstić information content (AvgIpc) is 2.88. The molecule has 1 fully saturated rings. The molecule has 1 saturated heterocycles. The van der Waals surface area contributed by atoms with Gasteiger partial charge >= 0.3 is 6.09 Å². The number of hydrogen-bond acceptors (Lipinski definition) is 4. The number of likely N-dealkylation sites (tertiary alicyclic amines) is 1. The van der Waals surface area contributed by atoms with Crippen LogP contribution in [-0.4, -0.2) is 44.2 Å².